The van der Waals surface area contributed by atoms with Crippen LogP contribution in [0.5, 0.6) is 0 Å². The Kier molecular flexibility index (Phi) is 9.97. The van der Waals surface area contributed by atoms with Crippen LogP contribution in [-0.2, 0) is 35.0 Å². The Balaban J connectivity index is 1.88. The molecule has 2 heterocycles. The summed E-state index contributed by atoms with van der Waals surface area (Å²) in [5.74, 6) is -1.66. The Morgan fingerprint density at radius 3 is 2.32 bits per heavy atom. The maximum Gasteiger partial charge on any atom is 0.350 e. The van der Waals surface area contributed by atoms with Gasteiger partial charge in [0.15, 0.2) is 17.7 Å². The fourth-order valence-corrected chi connectivity index (χ4v) is 3.99. The number of nitrogens with two attached hydrogens (primary N) is 1. The van der Waals surface area contributed by atoms with Crippen LogP contribution >= 0.6 is 11.6 Å². The summed E-state index contributed by atoms with van der Waals surface area (Å²) in [6.07, 6.45) is -1.47. The molecule has 0 aliphatic heterocycles. The first-order valence-corrected chi connectivity index (χ1v) is 12.5. The van der Waals surface area contributed by atoms with Gasteiger partial charge in [0.25, 0.3) is 5.60 Å². The lowest BCUT2D eigenvalue weighted by Gasteiger charge is -2.32. The van der Waals surface area contributed by atoms with E-state index >= 15 is 0 Å². The number of halogens is 1. The molecule has 2 aromatic heterocycles. The highest BCUT2D eigenvalue weighted by Gasteiger charge is 2.51. The molecule has 0 saturated heterocycles. The molecule has 3 atom stereocenters. The van der Waals surface area contributed by atoms with E-state index in [4.69, 9.17) is 36.3 Å². The topological polar surface area (TPSA) is 161 Å². The van der Waals surface area contributed by atoms with Gasteiger partial charge in [-0.15, -0.1) is 0 Å². The molecule has 38 heavy (non-hydrogen) atoms. The summed E-state index contributed by atoms with van der Waals surface area (Å²) in [6.45, 7) is 6.30. The van der Waals surface area contributed by atoms with E-state index < -0.39 is 36.0 Å². The third kappa shape index (κ3) is 6.57. The van der Waals surface area contributed by atoms with Crippen LogP contribution in [0.2, 0.25) is 5.28 Å². The molecule has 0 bridgehead atoms. The van der Waals surface area contributed by atoms with Crippen molar-refractivity contribution in [1.82, 2.24) is 19.5 Å². The molecule has 0 aliphatic carbocycles. The molecule has 206 valence electrons. The summed E-state index contributed by atoms with van der Waals surface area (Å²) in [5.41, 5.74) is 5.05. The summed E-state index contributed by atoms with van der Waals surface area (Å²) in [4.78, 5) is 38.5. The van der Waals surface area contributed by atoms with E-state index in [9.17, 15) is 14.7 Å². The van der Waals surface area contributed by atoms with E-state index in [-0.39, 0.29) is 43.0 Å². The number of imidazole rings is 1. The minimum atomic E-state index is -2.07. The number of carbonyl (C=O) groups excluding carboxylic acids is 2. The Morgan fingerprint density at radius 2 is 1.74 bits per heavy atom. The molecular formula is C25H32ClN5O7. The molecule has 0 saturated carbocycles. The molecule has 0 unspecified atom stereocenters. The maximum absolute atomic E-state index is 13.1. The summed E-state index contributed by atoms with van der Waals surface area (Å²) < 4.78 is 24.0. The zero-order chi connectivity index (χ0) is 27.9. The molecule has 3 rings (SSSR count). The minimum absolute atomic E-state index is 0.0372. The second-order valence-electron chi connectivity index (χ2n) is 8.52. The van der Waals surface area contributed by atoms with Gasteiger partial charge in [0.2, 0.25) is 5.28 Å². The first kappa shape index (κ1) is 29.2. The molecule has 0 aliphatic rings. The van der Waals surface area contributed by atoms with Gasteiger partial charge in [-0.3, -0.25) is 4.57 Å². The van der Waals surface area contributed by atoms with Crippen molar-refractivity contribution in [3.8, 4) is 0 Å². The monoisotopic (exact) mass is 549 g/mol. The van der Waals surface area contributed by atoms with E-state index in [1.165, 1.54) is 17.8 Å². The second-order valence-corrected chi connectivity index (χ2v) is 8.86. The number of carbonyl (C=O) groups is 2. The number of anilines is 1. The van der Waals surface area contributed by atoms with Crippen LogP contribution in [0.4, 0.5) is 5.82 Å². The van der Waals surface area contributed by atoms with Crippen molar-refractivity contribution in [2.45, 2.75) is 58.2 Å². The Morgan fingerprint density at radius 1 is 1.11 bits per heavy atom. The Bertz CT molecular complexity index is 1220. The van der Waals surface area contributed by atoms with Gasteiger partial charge in [-0.25, -0.2) is 14.6 Å². The lowest BCUT2D eigenvalue weighted by molar-refractivity contribution is -0.199. The van der Waals surface area contributed by atoms with Gasteiger partial charge in [-0.05, 0) is 44.9 Å². The number of ether oxygens (including phenoxy) is 4. The van der Waals surface area contributed by atoms with Crippen LogP contribution < -0.4 is 5.73 Å². The number of benzene rings is 1. The number of fused-ring (bicyclic) bond motifs is 1. The molecule has 0 radical (unpaired) electrons. The highest BCUT2D eigenvalue weighted by atomic mass is 35.5. The van der Waals surface area contributed by atoms with Crippen molar-refractivity contribution in [3.05, 3.63) is 47.5 Å². The van der Waals surface area contributed by atoms with E-state index in [0.717, 1.165) is 0 Å². The number of nitrogens with zero attached hydrogens (tertiary/aromatic N) is 4. The first-order chi connectivity index (χ1) is 18.1. The third-order valence-corrected chi connectivity index (χ3v) is 5.72. The summed E-state index contributed by atoms with van der Waals surface area (Å²) in [5, 5.41) is 10.4. The fraction of sp³-hybridized carbons (Fsp3) is 0.480. The Hall–Kier alpha value is -3.32. The molecule has 3 N–H and O–H groups in total. The van der Waals surface area contributed by atoms with Crippen molar-refractivity contribution in [2.75, 3.05) is 25.6 Å². The molecule has 12 nitrogen and oxygen atoms in total. The summed E-state index contributed by atoms with van der Waals surface area (Å²) in [6, 6.07) is 8.92. The van der Waals surface area contributed by atoms with Crippen LogP contribution in [0.25, 0.3) is 11.2 Å². The molecular weight excluding hydrogens is 518 g/mol. The highest BCUT2D eigenvalue weighted by Crippen LogP contribution is 2.27. The van der Waals surface area contributed by atoms with Gasteiger partial charge in [0, 0.05) is 6.42 Å². The van der Waals surface area contributed by atoms with Crippen molar-refractivity contribution >= 4 is 40.5 Å². The van der Waals surface area contributed by atoms with Crippen molar-refractivity contribution in [2.24, 2.45) is 0 Å². The van der Waals surface area contributed by atoms with Crippen LogP contribution in [0.3, 0.4) is 0 Å². The van der Waals surface area contributed by atoms with Crippen LogP contribution in [0, 0.1) is 0 Å². The number of rotatable bonds is 13. The number of hydrogen-bond donors (Lipinski definition) is 2. The van der Waals surface area contributed by atoms with Crippen LogP contribution in [-0.4, -0.2) is 74.2 Å². The van der Waals surface area contributed by atoms with Crippen molar-refractivity contribution in [1.29, 1.82) is 0 Å². The van der Waals surface area contributed by atoms with Gasteiger partial charge in [-0.1, -0.05) is 30.3 Å². The van der Waals surface area contributed by atoms with E-state index in [0.29, 0.717) is 11.1 Å². The van der Waals surface area contributed by atoms with Crippen LogP contribution in [0.15, 0.2) is 36.7 Å². The lowest BCUT2D eigenvalue weighted by atomic mass is 9.94. The molecule has 0 amide bonds. The normalized spacial score (nSPS) is 14.2. The zero-order valence-electron chi connectivity index (χ0n) is 21.7. The molecule has 0 spiro atoms. The van der Waals surface area contributed by atoms with E-state index in [1.807, 2.05) is 6.07 Å². The SMILES string of the molecule is CCOC(=O)C(Cc1ccccc1)(OC[C@H](C)O[C@H]([C@@H](C)O)n1cnc2c(N)nc(Cl)nc21)C(=O)OCC. The molecule has 0 fully saturated rings. The van der Waals surface area contributed by atoms with Gasteiger partial charge in [0.1, 0.15) is 5.52 Å². The zero-order valence-corrected chi connectivity index (χ0v) is 22.4. The smallest absolute Gasteiger partial charge is 0.350 e. The molecule has 3 aromatic rings. The lowest BCUT2D eigenvalue weighted by Crippen LogP contribution is -2.54. The van der Waals surface area contributed by atoms with Crippen molar-refractivity contribution in [3.63, 3.8) is 0 Å². The summed E-state index contributed by atoms with van der Waals surface area (Å²) >= 11 is 5.97. The number of esters is 2. The molecule has 1 aromatic carbocycles. The number of hydrogen-bond acceptors (Lipinski definition) is 11. The quantitative estimate of drug-likeness (QED) is 0.183. The highest BCUT2D eigenvalue weighted by molar-refractivity contribution is 6.28. The number of nitrogen functional groups attached to an aromatic ring is 1. The standard InChI is InChI=1S/C25H32ClN5O7/c1-5-35-22(33)25(23(34)36-6-2,12-17-10-8-7-9-11-17)37-13-15(3)38-21(16(4)32)31-14-28-18-19(27)29-24(26)30-20(18)31/h7-11,14-16,21,32H,5-6,12-13H2,1-4H3,(H2,27,29,30)/t15-,16+,21+/m0/s1. The average molecular weight is 550 g/mol. The predicted octanol–water partition coefficient (Wildman–Crippen LogP) is 2.47. The minimum Gasteiger partial charge on any atom is -0.463 e. The van der Waals surface area contributed by atoms with Gasteiger partial charge < -0.3 is 29.8 Å². The third-order valence-electron chi connectivity index (χ3n) is 5.55. The maximum atomic E-state index is 13.1. The molecule has 13 heteroatoms. The number of aliphatic hydroxyl groups excluding tert-OH is 1. The van der Waals surface area contributed by atoms with E-state index in [1.54, 1.807) is 45.0 Å². The van der Waals surface area contributed by atoms with Crippen molar-refractivity contribution < 1.29 is 33.6 Å². The first-order valence-electron chi connectivity index (χ1n) is 12.1. The number of aliphatic hydroxyl groups is 1. The second kappa shape index (κ2) is 13.0. The fourth-order valence-electron chi connectivity index (χ4n) is 3.82. The summed E-state index contributed by atoms with van der Waals surface area (Å²) in [7, 11) is 0. The largest absolute Gasteiger partial charge is 0.463 e. The van der Waals surface area contributed by atoms with Gasteiger partial charge in [0.05, 0.1) is 38.4 Å². The van der Waals surface area contributed by atoms with Gasteiger partial charge >= 0.3 is 11.9 Å². The average Bonchev–Trinajstić information content (AvgIpc) is 3.29. The van der Waals surface area contributed by atoms with Gasteiger partial charge in [-0.2, -0.15) is 9.97 Å². The predicted molar refractivity (Wildman–Crippen MR) is 138 cm³/mol. The van der Waals surface area contributed by atoms with Crippen LogP contribution in [0.1, 0.15) is 39.5 Å². The number of aromatic nitrogens is 4. The van der Waals surface area contributed by atoms with E-state index in [2.05, 4.69) is 15.0 Å². The Labute approximate surface area is 225 Å².